The van der Waals surface area contributed by atoms with Crippen molar-refractivity contribution in [1.29, 1.82) is 0 Å². The van der Waals surface area contributed by atoms with Crippen LogP contribution in [0, 0.1) is 0 Å². The van der Waals surface area contributed by atoms with Gasteiger partial charge in [-0.15, -0.1) is 0 Å². The number of nitrogens with two attached hydrogens (primary N) is 1. The topological polar surface area (TPSA) is 80.5 Å². The summed E-state index contributed by atoms with van der Waals surface area (Å²) in [5, 5.41) is 0. The van der Waals surface area contributed by atoms with Crippen LogP contribution in [0.5, 0.6) is 0 Å². The Morgan fingerprint density at radius 3 is 2.52 bits per heavy atom. The van der Waals surface area contributed by atoms with Gasteiger partial charge >= 0.3 is 0 Å². The number of amides is 3. The van der Waals surface area contributed by atoms with Crippen molar-refractivity contribution in [2.45, 2.75) is 0 Å². The molecule has 0 aromatic heterocycles. The van der Waals surface area contributed by atoms with Crippen molar-refractivity contribution in [3.8, 4) is 0 Å². The summed E-state index contributed by atoms with van der Waals surface area (Å²) >= 11 is 3.33. The molecule has 0 fully saturated rings. The Balaban J connectivity index is 1.88. The van der Waals surface area contributed by atoms with E-state index in [-0.39, 0.29) is 16.8 Å². The number of hydrogen-bond donors (Lipinski definition) is 1. The molecule has 6 heteroatoms. The molecule has 3 rings (SSSR count). The Kier molecular flexibility index (Phi) is 3.83. The quantitative estimate of drug-likeness (QED) is 0.500. The third-order valence-electron chi connectivity index (χ3n) is 3.43. The van der Waals surface area contributed by atoms with Crippen LogP contribution in [0.15, 0.2) is 53.0 Å². The summed E-state index contributed by atoms with van der Waals surface area (Å²) < 4.78 is 0.862. The van der Waals surface area contributed by atoms with E-state index in [4.69, 9.17) is 5.73 Å². The van der Waals surface area contributed by atoms with E-state index in [9.17, 15) is 14.4 Å². The second kappa shape index (κ2) is 5.81. The average molecular weight is 371 g/mol. The van der Waals surface area contributed by atoms with Crippen LogP contribution in [0.4, 0.5) is 5.69 Å². The first kappa shape index (κ1) is 15.2. The number of rotatable bonds is 2. The lowest BCUT2D eigenvalue weighted by Gasteiger charge is -2.08. The maximum Gasteiger partial charge on any atom is 0.270 e. The zero-order valence-corrected chi connectivity index (χ0v) is 13.4. The van der Waals surface area contributed by atoms with E-state index in [1.165, 1.54) is 18.2 Å². The lowest BCUT2D eigenvalue weighted by molar-refractivity contribution is -0.121. The third kappa shape index (κ3) is 2.68. The van der Waals surface area contributed by atoms with Crippen LogP contribution in [0.1, 0.15) is 26.3 Å². The standard InChI is InChI=1S/C17H11BrN2O3/c18-11-4-1-3-10(9-11)7-8-14(21)20-16(22)12-5-2-6-13(19)15(12)17(20)23/h1-9H,19H2. The molecule has 1 aliphatic rings. The van der Waals surface area contributed by atoms with Gasteiger partial charge in [-0.1, -0.05) is 34.1 Å². The molecule has 0 radical (unpaired) electrons. The number of nitrogens with zero attached hydrogens (tertiary/aromatic N) is 1. The van der Waals surface area contributed by atoms with Gasteiger partial charge in [0.2, 0.25) is 0 Å². The van der Waals surface area contributed by atoms with Crippen LogP contribution in [0.2, 0.25) is 0 Å². The lowest BCUT2D eigenvalue weighted by atomic mass is 10.1. The summed E-state index contributed by atoms with van der Waals surface area (Å²) in [6.07, 6.45) is 2.74. The first-order chi connectivity index (χ1) is 11.0. The molecule has 3 amide bonds. The summed E-state index contributed by atoms with van der Waals surface area (Å²) in [4.78, 5) is 37.4. The fourth-order valence-electron chi connectivity index (χ4n) is 2.36. The first-order valence-electron chi connectivity index (χ1n) is 6.74. The van der Waals surface area contributed by atoms with Gasteiger partial charge in [0.1, 0.15) is 0 Å². The van der Waals surface area contributed by atoms with E-state index in [1.807, 2.05) is 18.2 Å². The van der Waals surface area contributed by atoms with Gasteiger partial charge in [-0.3, -0.25) is 14.4 Å². The first-order valence-corrected chi connectivity index (χ1v) is 7.53. The van der Waals surface area contributed by atoms with Crippen LogP contribution < -0.4 is 5.73 Å². The molecular weight excluding hydrogens is 360 g/mol. The molecule has 2 aromatic rings. The van der Waals surface area contributed by atoms with E-state index in [1.54, 1.807) is 18.2 Å². The normalized spacial score (nSPS) is 13.7. The SMILES string of the molecule is Nc1cccc2c1C(=O)N(C(=O)C=Cc1cccc(Br)c1)C2=O. The second-order valence-corrected chi connectivity index (χ2v) is 5.86. The fourth-order valence-corrected chi connectivity index (χ4v) is 2.78. The molecule has 2 N–H and O–H groups in total. The summed E-state index contributed by atoms with van der Waals surface area (Å²) in [5.74, 6) is -2.04. The van der Waals surface area contributed by atoms with Crippen molar-refractivity contribution in [3.63, 3.8) is 0 Å². The third-order valence-corrected chi connectivity index (χ3v) is 3.93. The molecule has 1 heterocycles. The highest BCUT2D eigenvalue weighted by atomic mass is 79.9. The minimum Gasteiger partial charge on any atom is -0.398 e. The van der Waals surface area contributed by atoms with Gasteiger partial charge in [-0.05, 0) is 35.9 Å². The molecule has 114 valence electrons. The molecule has 2 aromatic carbocycles. The van der Waals surface area contributed by atoms with Gasteiger partial charge in [-0.2, -0.15) is 0 Å². The Morgan fingerprint density at radius 1 is 1.09 bits per heavy atom. The van der Waals surface area contributed by atoms with Crippen molar-refractivity contribution in [3.05, 3.63) is 69.7 Å². The summed E-state index contributed by atoms with van der Waals surface area (Å²) in [6, 6.07) is 11.9. The highest BCUT2D eigenvalue weighted by Crippen LogP contribution is 2.27. The van der Waals surface area contributed by atoms with Gasteiger partial charge in [0, 0.05) is 16.2 Å². The maximum atomic E-state index is 12.3. The Bertz CT molecular complexity index is 874. The summed E-state index contributed by atoms with van der Waals surface area (Å²) in [7, 11) is 0. The highest BCUT2D eigenvalue weighted by Gasteiger charge is 2.40. The number of benzene rings is 2. The van der Waals surface area contributed by atoms with Crippen molar-refractivity contribution in [2.24, 2.45) is 0 Å². The Morgan fingerprint density at radius 2 is 1.83 bits per heavy atom. The molecule has 0 saturated heterocycles. The van der Waals surface area contributed by atoms with Crippen molar-refractivity contribution in [2.75, 3.05) is 5.73 Å². The lowest BCUT2D eigenvalue weighted by Crippen LogP contribution is -2.34. The van der Waals surface area contributed by atoms with Crippen molar-refractivity contribution >= 4 is 45.4 Å². The monoisotopic (exact) mass is 370 g/mol. The molecular formula is C17H11BrN2O3. The van der Waals surface area contributed by atoms with Crippen LogP contribution in [-0.4, -0.2) is 22.6 Å². The van der Waals surface area contributed by atoms with E-state index < -0.39 is 17.7 Å². The number of imide groups is 3. The van der Waals surface area contributed by atoms with Crippen LogP contribution >= 0.6 is 15.9 Å². The predicted molar refractivity (Wildman–Crippen MR) is 89.5 cm³/mol. The van der Waals surface area contributed by atoms with Crippen LogP contribution in [0.3, 0.4) is 0 Å². The van der Waals surface area contributed by atoms with E-state index in [0.29, 0.717) is 4.90 Å². The molecule has 0 spiro atoms. The predicted octanol–water partition coefficient (Wildman–Crippen LogP) is 2.87. The molecule has 5 nitrogen and oxygen atoms in total. The van der Waals surface area contributed by atoms with Gasteiger partial charge < -0.3 is 5.73 Å². The number of fused-ring (bicyclic) bond motifs is 1. The van der Waals surface area contributed by atoms with E-state index >= 15 is 0 Å². The molecule has 0 bridgehead atoms. The Hall–Kier alpha value is -2.73. The minimum atomic E-state index is -0.699. The zero-order valence-electron chi connectivity index (χ0n) is 11.8. The van der Waals surface area contributed by atoms with Gasteiger partial charge in [0.15, 0.2) is 0 Å². The Labute approximate surface area is 140 Å². The maximum absolute atomic E-state index is 12.3. The summed E-state index contributed by atoms with van der Waals surface area (Å²) in [5.41, 5.74) is 6.93. The molecule has 0 saturated carbocycles. The van der Waals surface area contributed by atoms with Crippen molar-refractivity contribution < 1.29 is 14.4 Å². The van der Waals surface area contributed by atoms with E-state index in [2.05, 4.69) is 15.9 Å². The number of anilines is 1. The number of nitrogen functional groups attached to an aromatic ring is 1. The van der Waals surface area contributed by atoms with E-state index in [0.717, 1.165) is 10.0 Å². The summed E-state index contributed by atoms with van der Waals surface area (Å²) in [6.45, 7) is 0. The second-order valence-electron chi connectivity index (χ2n) is 4.94. The molecule has 0 aliphatic carbocycles. The molecule has 23 heavy (non-hydrogen) atoms. The van der Waals surface area contributed by atoms with Crippen LogP contribution in [0.25, 0.3) is 6.08 Å². The number of hydrogen-bond acceptors (Lipinski definition) is 4. The minimum absolute atomic E-state index is 0.0849. The average Bonchev–Trinajstić information content (AvgIpc) is 2.78. The number of halogens is 1. The highest BCUT2D eigenvalue weighted by molar-refractivity contribution is 9.10. The van der Waals surface area contributed by atoms with Crippen molar-refractivity contribution in [1.82, 2.24) is 4.90 Å². The zero-order chi connectivity index (χ0) is 16.6. The van der Waals surface area contributed by atoms with Crippen LogP contribution in [-0.2, 0) is 4.79 Å². The number of carbonyl (C=O) groups is 3. The molecule has 0 atom stereocenters. The largest absolute Gasteiger partial charge is 0.398 e. The smallest absolute Gasteiger partial charge is 0.270 e. The van der Waals surface area contributed by atoms with Gasteiger partial charge in [-0.25, -0.2) is 4.90 Å². The van der Waals surface area contributed by atoms with Gasteiger partial charge in [0.05, 0.1) is 11.1 Å². The molecule has 1 aliphatic heterocycles. The number of carbonyl (C=O) groups excluding carboxylic acids is 3. The fraction of sp³-hybridized carbons (Fsp3) is 0. The van der Waals surface area contributed by atoms with Gasteiger partial charge in [0.25, 0.3) is 17.7 Å². The molecule has 0 unspecified atom stereocenters.